The molecule has 176 valence electrons. The summed E-state index contributed by atoms with van der Waals surface area (Å²) in [7, 11) is 0. The van der Waals surface area contributed by atoms with Crippen LogP contribution in [0.5, 0.6) is 0 Å². The number of rotatable bonds is 0. The Morgan fingerprint density at radius 1 is 0.871 bits per heavy atom. The van der Waals surface area contributed by atoms with Gasteiger partial charge in [0.1, 0.15) is 0 Å². The predicted molar refractivity (Wildman–Crippen MR) is 119 cm³/mol. The van der Waals surface area contributed by atoms with Crippen LogP contribution >= 0.6 is 0 Å². The van der Waals surface area contributed by atoms with Gasteiger partial charge in [-0.1, -0.05) is 27.7 Å². The monoisotopic (exact) mass is 432 g/mol. The van der Waals surface area contributed by atoms with Crippen LogP contribution in [0.2, 0.25) is 0 Å². The van der Waals surface area contributed by atoms with E-state index < -0.39 is 0 Å². The molecule has 6 fully saturated rings. The number of ether oxygens (including phenoxy) is 2. The van der Waals surface area contributed by atoms with E-state index in [0.717, 1.165) is 19.4 Å². The summed E-state index contributed by atoms with van der Waals surface area (Å²) in [5, 5.41) is 21.5. The summed E-state index contributed by atoms with van der Waals surface area (Å²) < 4.78 is 13.3. The molecule has 31 heavy (non-hydrogen) atoms. The summed E-state index contributed by atoms with van der Waals surface area (Å²) in [6, 6.07) is 0. The first-order valence-corrected chi connectivity index (χ1v) is 13.4. The third-order valence-corrected chi connectivity index (χ3v) is 12.0. The van der Waals surface area contributed by atoms with E-state index >= 15 is 0 Å². The Morgan fingerprint density at radius 3 is 2.42 bits per heavy atom. The molecule has 4 nitrogen and oxygen atoms in total. The first kappa shape index (κ1) is 21.4. The summed E-state index contributed by atoms with van der Waals surface area (Å²) in [4.78, 5) is 0. The van der Waals surface area contributed by atoms with Gasteiger partial charge in [-0.05, 0) is 97.7 Å². The lowest BCUT2D eigenvalue weighted by atomic mass is 9.43. The molecule has 2 aliphatic heterocycles. The number of hydrogen-bond acceptors (Lipinski definition) is 4. The first-order valence-electron chi connectivity index (χ1n) is 13.4. The van der Waals surface area contributed by atoms with Crippen molar-refractivity contribution in [1.82, 2.24) is 0 Å². The van der Waals surface area contributed by atoms with Gasteiger partial charge < -0.3 is 19.7 Å². The molecule has 6 rings (SSSR count). The van der Waals surface area contributed by atoms with Gasteiger partial charge in [-0.2, -0.15) is 0 Å². The molecule has 2 saturated heterocycles. The van der Waals surface area contributed by atoms with Crippen molar-refractivity contribution in [3.63, 3.8) is 0 Å². The second kappa shape index (κ2) is 6.93. The van der Waals surface area contributed by atoms with E-state index in [1.807, 2.05) is 0 Å². The summed E-state index contributed by atoms with van der Waals surface area (Å²) in [5.74, 6) is 3.89. The van der Waals surface area contributed by atoms with Crippen LogP contribution in [0.4, 0.5) is 0 Å². The molecule has 0 aromatic carbocycles. The third kappa shape index (κ3) is 2.74. The summed E-state index contributed by atoms with van der Waals surface area (Å²) in [5.41, 5.74) is 0.320. The molecule has 4 heteroatoms. The minimum atomic E-state index is -0.351. The van der Waals surface area contributed by atoms with Crippen LogP contribution in [0, 0.1) is 52.3 Å². The van der Waals surface area contributed by atoms with Crippen LogP contribution in [0.15, 0.2) is 0 Å². The fourth-order valence-corrected chi connectivity index (χ4v) is 10.3. The van der Waals surface area contributed by atoms with Gasteiger partial charge >= 0.3 is 0 Å². The van der Waals surface area contributed by atoms with Gasteiger partial charge in [0.25, 0.3) is 0 Å². The molecule has 2 N–H and O–H groups in total. The van der Waals surface area contributed by atoms with Gasteiger partial charge in [-0.25, -0.2) is 0 Å². The maximum atomic E-state index is 11.2. The van der Waals surface area contributed by atoms with Crippen molar-refractivity contribution >= 4 is 0 Å². The van der Waals surface area contributed by atoms with E-state index in [1.165, 1.54) is 38.5 Å². The second-order valence-corrected chi connectivity index (χ2v) is 13.2. The molecule has 2 heterocycles. The van der Waals surface area contributed by atoms with Crippen LogP contribution in [-0.2, 0) is 9.47 Å². The largest absolute Gasteiger partial charge is 0.393 e. The summed E-state index contributed by atoms with van der Waals surface area (Å²) >= 11 is 0. The topological polar surface area (TPSA) is 58.9 Å². The standard InChI is InChI=1S/C27H44O4/c1-15-7-10-27(30-14-15)16(2)24-22(31-27)13-21-19-6-5-17-11-18(28)12-23(29)26(17,4)20(19)8-9-25(21,24)3/h15-24,28-29H,5-14H2,1-4H3/t15?,16?,17-,18-,19?,20?,21?,22?,23-,24?,25?,26+,27?/m1/s1. The Balaban J connectivity index is 1.27. The molecule has 0 amide bonds. The highest BCUT2D eigenvalue weighted by Gasteiger charge is 2.69. The number of aliphatic hydroxyl groups excluding tert-OH is 2. The average Bonchev–Trinajstić information content (AvgIpc) is 3.16. The van der Waals surface area contributed by atoms with Crippen molar-refractivity contribution in [3.05, 3.63) is 0 Å². The van der Waals surface area contributed by atoms with Crippen molar-refractivity contribution < 1.29 is 19.7 Å². The Morgan fingerprint density at radius 2 is 1.68 bits per heavy atom. The highest BCUT2D eigenvalue weighted by molar-refractivity contribution is 5.16. The number of fused-ring (bicyclic) bond motifs is 7. The lowest BCUT2D eigenvalue weighted by Crippen LogP contribution is -2.59. The normalized spacial score (nSPS) is 63.3. The molecule has 1 spiro atoms. The summed E-state index contributed by atoms with van der Waals surface area (Å²) in [6.45, 7) is 10.5. The number of aliphatic hydroxyl groups is 2. The zero-order valence-electron chi connectivity index (χ0n) is 20.1. The summed E-state index contributed by atoms with van der Waals surface area (Å²) in [6.07, 6.45) is 9.56. The van der Waals surface area contributed by atoms with Crippen LogP contribution in [0.25, 0.3) is 0 Å². The first-order chi connectivity index (χ1) is 14.7. The lowest BCUT2D eigenvalue weighted by Gasteiger charge is -2.62. The Labute approximate surface area is 188 Å². The molecule has 9 unspecified atom stereocenters. The number of hydrogen-bond donors (Lipinski definition) is 2. The quantitative estimate of drug-likeness (QED) is 0.579. The van der Waals surface area contributed by atoms with Crippen LogP contribution in [0.1, 0.15) is 85.5 Å². The molecule has 0 aromatic rings. The van der Waals surface area contributed by atoms with Gasteiger partial charge in [-0.15, -0.1) is 0 Å². The van der Waals surface area contributed by atoms with E-state index in [2.05, 4.69) is 27.7 Å². The van der Waals surface area contributed by atoms with E-state index in [1.54, 1.807) is 0 Å². The fraction of sp³-hybridized carbons (Fsp3) is 1.00. The van der Waals surface area contributed by atoms with Crippen molar-refractivity contribution in [3.8, 4) is 0 Å². The van der Waals surface area contributed by atoms with E-state index in [9.17, 15) is 10.2 Å². The fourth-order valence-electron chi connectivity index (χ4n) is 10.3. The zero-order chi connectivity index (χ0) is 21.8. The molecular formula is C27H44O4. The van der Waals surface area contributed by atoms with Gasteiger partial charge in [0.15, 0.2) is 5.79 Å². The van der Waals surface area contributed by atoms with E-state index in [-0.39, 0.29) is 23.4 Å². The Hall–Kier alpha value is -0.160. The van der Waals surface area contributed by atoms with Crippen LogP contribution in [-0.4, -0.2) is 40.9 Å². The highest BCUT2D eigenvalue weighted by Crippen LogP contribution is 2.71. The predicted octanol–water partition coefficient (Wildman–Crippen LogP) is 4.76. The molecule has 0 radical (unpaired) electrons. The molecule has 4 aliphatic carbocycles. The Kier molecular flexibility index (Phi) is 4.78. The van der Waals surface area contributed by atoms with Crippen molar-refractivity contribution in [1.29, 1.82) is 0 Å². The lowest BCUT2D eigenvalue weighted by molar-refractivity contribution is -0.273. The minimum absolute atomic E-state index is 0.0164. The van der Waals surface area contributed by atoms with Crippen LogP contribution in [0.3, 0.4) is 0 Å². The van der Waals surface area contributed by atoms with Gasteiger partial charge in [-0.3, -0.25) is 0 Å². The molecule has 0 aromatic heterocycles. The second-order valence-electron chi connectivity index (χ2n) is 13.2. The highest BCUT2D eigenvalue weighted by atomic mass is 16.7. The smallest absolute Gasteiger partial charge is 0.171 e. The molecule has 13 atom stereocenters. The van der Waals surface area contributed by atoms with Crippen LogP contribution < -0.4 is 0 Å². The van der Waals surface area contributed by atoms with Gasteiger partial charge in [0.05, 0.1) is 24.9 Å². The maximum Gasteiger partial charge on any atom is 0.171 e. The van der Waals surface area contributed by atoms with E-state index in [0.29, 0.717) is 59.4 Å². The van der Waals surface area contributed by atoms with Gasteiger partial charge in [0, 0.05) is 12.3 Å². The Bertz CT molecular complexity index is 716. The molecular weight excluding hydrogens is 388 g/mol. The van der Waals surface area contributed by atoms with Crippen molar-refractivity contribution in [2.75, 3.05) is 6.61 Å². The van der Waals surface area contributed by atoms with E-state index in [4.69, 9.17) is 9.47 Å². The van der Waals surface area contributed by atoms with Gasteiger partial charge in [0.2, 0.25) is 0 Å². The average molecular weight is 433 g/mol. The zero-order valence-corrected chi connectivity index (χ0v) is 20.1. The molecule has 0 bridgehead atoms. The third-order valence-electron chi connectivity index (χ3n) is 12.0. The molecule has 4 saturated carbocycles. The SMILES string of the molecule is CC1CCC2(OC1)OC1CC3C4CC[C@@H]5C[C@@H](O)C[C@@H](O)[C@]5(C)C4CCC3(C)C1C2C. The van der Waals surface area contributed by atoms with Crippen molar-refractivity contribution in [2.45, 2.75) is 110 Å². The van der Waals surface area contributed by atoms with Crippen molar-refractivity contribution in [2.24, 2.45) is 52.3 Å². The minimum Gasteiger partial charge on any atom is -0.393 e. The maximum absolute atomic E-state index is 11.2. The molecule has 6 aliphatic rings.